The molecule has 0 aliphatic carbocycles. The molecule has 0 spiro atoms. The van der Waals surface area contributed by atoms with E-state index in [1.165, 1.54) is 11.8 Å². The van der Waals surface area contributed by atoms with Crippen LogP contribution in [0.1, 0.15) is 0 Å². The highest BCUT2D eigenvalue weighted by molar-refractivity contribution is 8.00. The Morgan fingerprint density at radius 3 is 2.54 bits per heavy atom. The lowest BCUT2D eigenvalue weighted by atomic mass is 10.1. The minimum atomic E-state index is 0.0189. The van der Waals surface area contributed by atoms with Gasteiger partial charge in [0, 0.05) is 10.3 Å². The molecule has 0 saturated carbocycles. The van der Waals surface area contributed by atoms with E-state index in [-0.39, 0.29) is 5.91 Å². The van der Waals surface area contributed by atoms with Gasteiger partial charge in [0.05, 0.1) is 12.3 Å². The van der Waals surface area contributed by atoms with Crippen molar-refractivity contribution in [2.24, 2.45) is 0 Å². The molecule has 0 aromatic heterocycles. The van der Waals surface area contributed by atoms with E-state index in [0.717, 1.165) is 21.4 Å². The van der Waals surface area contributed by atoms with Crippen molar-refractivity contribution in [3.05, 3.63) is 72.8 Å². The highest BCUT2D eigenvalue weighted by atomic mass is 32.2. The van der Waals surface area contributed by atoms with Crippen LogP contribution < -0.4 is 10.1 Å². The normalized spacial score (nSPS) is 10.5. The van der Waals surface area contributed by atoms with Crippen molar-refractivity contribution in [2.45, 2.75) is 4.90 Å². The lowest BCUT2D eigenvalue weighted by molar-refractivity contribution is -0.118. The van der Waals surface area contributed by atoms with Gasteiger partial charge in [-0.15, -0.1) is 11.8 Å². The molecule has 0 heterocycles. The van der Waals surface area contributed by atoms with Gasteiger partial charge in [0.25, 0.3) is 0 Å². The monoisotopic (exact) mass is 337 g/mol. The molecular weight excluding hydrogens is 318 g/mol. The SMILES string of the molecule is O=C(CSc1ccccc1)NCCOc1cccc2ccccc12. The second-order valence-corrected chi connectivity index (χ2v) is 6.33. The summed E-state index contributed by atoms with van der Waals surface area (Å²) in [5.41, 5.74) is 0. The van der Waals surface area contributed by atoms with Gasteiger partial charge in [0.1, 0.15) is 12.4 Å². The Morgan fingerprint density at radius 2 is 1.67 bits per heavy atom. The summed E-state index contributed by atoms with van der Waals surface area (Å²) in [5, 5.41) is 5.13. The number of fused-ring (bicyclic) bond motifs is 1. The predicted molar refractivity (Wildman–Crippen MR) is 99.6 cm³/mol. The fraction of sp³-hybridized carbons (Fsp3) is 0.150. The second kappa shape index (κ2) is 8.41. The smallest absolute Gasteiger partial charge is 0.230 e. The van der Waals surface area contributed by atoms with E-state index in [9.17, 15) is 4.79 Å². The average Bonchev–Trinajstić information content (AvgIpc) is 2.64. The molecule has 0 unspecified atom stereocenters. The molecule has 0 atom stereocenters. The van der Waals surface area contributed by atoms with Crippen LogP contribution >= 0.6 is 11.8 Å². The van der Waals surface area contributed by atoms with E-state index in [1.807, 2.05) is 60.7 Å². The molecule has 3 nitrogen and oxygen atoms in total. The molecule has 0 aliphatic rings. The number of rotatable bonds is 7. The summed E-state index contributed by atoms with van der Waals surface area (Å²) in [6.07, 6.45) is 0. The number of nitrogens with one attached hydrogen (secondary N) is 1. The fourth-order valence-electron chi connectivity index (χ4n) is 2.39. The van der Waals surface area contributed by atoms with Crippen molar-refractivity contribution < 1.29 is 9.53 Å². The first-order valence-electron chi connectivity index (χ1n) is 7.88. The van der Waals surface area contributed by atoms with E-state index in [0.29, 0.717) is 18.9 Å². The zero-order valence-electron chi connectivity index (χ0n) is 13.3. The molecule has 0 saturated heterocycles. The van der Waals surface area contributed by atoms with E-state index in [4.69, 9.17) is 4.74 Å². The number of carbonyl (C=O) groups is 1. The van der Waals surface area contributed by atoms with E-state index in [1.54, 1.807) is 0 Å². The van der Waals surface area contributed by atoms with Crippen molar-refractivity contribution in [3.8, 4) is 5.75 Å². The van der Waals surface area contributed by atoms with Crippen LogP contribution in [0.5, 0.6) is 5.75 Å². The Labute approximate surface area is 146 Å². The number of hydrogen-bond donors (Lipinski definition) is 1. The van der Waals surface area contributed by atoms with E-state index in [2.05, 4.69) is 17.4 Å². The molecule has 1 N–H and O–H groups in total. The van der Waals surface area contributed by atoms with Crippen LogP contribution in [-0.4, -0.2) is 24.8 Å². The van der Waals surface area contributed by atoms with Gasteiger partial charge in [-0.1, -0.05) is 54.6 Å². The fourth-order valence-corrected chi connectivity index (χ4v) is 3.14. The van der Waals surface area contributed by atoms with Crippen LogP contribution in [0.2, 0.25) is 0 Å². The Balaban J connectivity index is 1.42. The summed E-state index contributed by atoms with van der Waals surface area (Å²) in [6, 6.07) is 24.0. The molecule has 0 aliphatic heterocycles. The van der Waals surface area contributed by atoms with Gasteiger partial charge in [0.15, 0.2) is 0 Å². The molecule has 122 valence electrons. The summed E-state index contributed by atoms with van der Waals surface area (Å²) >= 11 is 1.53. The average molecular weight is 337 g/mol. The van der Waals surface area contributed by atoms with Crippen molar-refractivity contribution in [1.29, 1.82) is 0 Å². The van der Waals surface area contributed by atoms with Crippen LogP contribution in [-0.2, 0) is 4.79 Å². The Bertz CT molecular complexity index is 800. The zero-order valence-corrected chi connectivity index (χ0v) is 14.1. The number of thioether (sulfide) groups is 1. The second-order valence-electron chi connectivity index (χ2n) is 5.28. The summed E-state index contributed by atoms with van der Waals surface area (Å²) in [4.78, 5) is 12.9. The van der Waals surface area contributed by atoms with Gasteiger partial charge >= 0.3 is 0 Å². The number of amides is 1. The third-order valence-corrected chi connectivity index (χ3v) is 4.56. The van der Waals surface area contributed by atoms with Gasteiger partial charge < -0.3 is 10.1 Å². The van der Waals surface area contributed by atoms with Crippen LogP contribution in [0.15, 0.2) is 77.7 Å². The minimum absolute atomic E-state index is 0.0189. The Kier molecular flexibility index (Phi) is 5.75. The topological polar surface area (TPSA) is 38.3 Å². The largest absolute Gasteiger partial charge is 0.491 e. The number of carbonyl (C=O) groups excluding carboxylic acids is 1. The van der Waals surface area contributed by atoms with Crippen LogP contribution in [0.25, 0.3) is 10.8 Å². The molecule has 3 aromatic carbocycles. The molecule has 0 fully saturated rings. The maximum atomic E-state index is 11.9. The van der Waals surface area contributed by atoms with Crippen molar-refractivity contribution in [2.75, 3.05) is 18.9 Å². The standard InChI is InChI=1S/C20H19NO2S/c22-20(15-24-17-9-2-1-3-10-17)21-13-14-23-19-12-6-8-16-7-4-5-11-18(16)19/h1-12H,13-15H2,(H,21,22). The summed E-state index contributed by atoms with van der Waals surface area (Å²) < 4.78 is 5.81. The molecule has 3 rings (SSSR count). The van der Waals surface area contributed by atoms with Crippen LogP contribution in [0, 0.1) is 0 Å². The third-order valence-electron chi connectivity index (χ3n) is 3.54. The number of benzene rings is 3. The van der Waals surface area contributed by atoms with Gasteiger partial charge in [-0.05, 0) is 23.6 Å². The lowest BCUT2D eigenvalue weighted by Gasteiger charge is -2.10. The predicted octanol–water partition coefficient (Wildman–Crippen LogP) is 4.13. The van der Waals surface area contributed by atoms with Gasteiger partial charge in [-0.3, -0.25) is 4.79 Å². The highest BCUT2D eigenvalue weighted by Gasteiger charge is 2.04. The first kappa shape index (κ1) is 16.4. The van der Waals surface area contributed by atoms with Crippen molar-refractivity contribution in [3.63, 3.8) is 0 Å². The van der Waals surface area contributed by atoms with Crippen LogP contribution in [0.3, 0.4) is 0 Å². The molecule has 1 amide bonds. The Morgan fingerprint density at radius 1 is 0.917 bits per heavy atom. The summed E-state index contributed by atoms with van der Waals surface area (Å²) in [7, 11) is 0. The van der Waals surface area contributed by atoms with Gasteiger partial charge in [0.2, 0.25) is 5.91 Å². The number of hydrogen-bond acceptors (Lipinski definition) is 3. The molecule has 0 bridgehead atoms. The van der Waals surface area contributed by atoms with Gasteiger partial charge in [-0.25, -0.2) is 0 Å². The summed E-state index contributed by atoms with van der Waals surface area (Å²) in [5.74, 6) is 1.28. The van der Waals surface area contributed by atoms with Crippen LogP contribution in [0.4, 0.5) is 0 Å². The van der Waals surface area contributed by atoms with Crippen molar-refractivity contribution in [1.82, 2.24) is 5.32 Å². The third kappa shape index (κ3) is 4.52. The molecule has 3 aromatic rings. The maximum absolute atomic E-state index is 11.9. The highest BCUT2D eigenvalue weighted by Crippen LogP contribution is 2.24. The molecule has 0 radical (unpaired) electrons. The van der Waals surface area contributed by atoms with Gasteiger partial charge in [-0.2, -0.15) is 0 Å². The minimum Gasteiger partial charge on any atom is -0.491 e. The van der Waals surface area contributed by atoms with Crippen molar-refractivity contribution >= 4 is 28.4 Å². The maximum Gasteiger partial charge on any atom is 0.230 e. The lowest BCUT2D eigenvalue weighted by Crippen LogP contribution is -2.29. The molecular formula is C20H19NO2S. The molecule has 24 heavy (non-hydrogen) atoms. The first-order chi connectivity index (χ1) is 11.8. The van der Waals surface area contributed by atoms with E-state index >= 15 is 0 Å². The Hall–Kier alpha value is -2.46. The van der Waals surface area contributed by atoms with E-state index < -0.39 is 0 Å². The number of ether oxygens (including phenoxy) is 1. The first-order valence-corrected chi connectivity index (χ1v) is 8.86. The molecule has 4 heteroatoms. The quantitative estimate of drug-likeness (QED) is 0.520. The summed E-state index contributed by atoms with van der Waals surface area (Å²) in [6.45, 7) is 0.952. The zero-order chi connectivity index (χ0) is 16.6.